The van der Waals surface area contributed by atoms with Crippen molar-refractivity contribution in [3.05, 3.63) is 0 Å². The van der Waals surface area contributed by atoms with E-state index in [9.17, 15) is 14.7 Å². The van der Waals surface area contributed by atoms with Crippen LogP contribution < -0.4 is 5.32 Å². The van der Waals surface area contributed by atoms with Crippen molar-refractivity contribution in [1.82, 2.24) is 10.2 Å². The van der Waals surface area contributed by atoms with Crippen molar-refractivity contribution in [2.75, 3.05) is 25.5 Å². The minimum Gasteiger partial charge on any atom is -0.480 e. The molecule has 0 bridgehead atoms. The Morgan fingerprint density at radius 1 is 1.47 bits per heavy atom. The fourth-order valence-electron chi connectivity index (χ4n) is 2.19. The molecule has 1 aliphatic carbocycles. The average molecular weight is 288 g/mol. The van der Waals surface area contributed by atoms with E-state index >= 15 is 0 Å². The summed E-state index contributed by atoms with van der Waals surface area (Å²) < 4.78 is 5.15. The zero-order valence-electron chi connectivity index (χ0n) is 11.0. The van der Waals surface area contributed by atoms with Crippen molar-refractivity contribution in [2.24, 2.45) is 5.92 Å². The first-order valence-electron chi connectivity index (χ1n) is 6.63. The second kappa shape index (κ2) is 6.47. The van der Waals surface area contributed by atoms with Gasteiger partial charge in [0, 0.05) is 18.9 Å². The van der Waals surface area contributed by atoms with E-state index in [1.165, 1.54) is 4.90 Å². The molecule has 1 heterocycles. The first kappa shape index (κ1) is 14.5. The summed E-state index contributed by atoms with van der Waals surface area (Å²) in [5.74, 6) is 0.0256. The molecule has 2 unspecified atom stereocenters. The largest absolute Gasteiger partial charge is 0.480 e. The molecule has 1 aliphatic heterocycles. The monoisotopic (exact) mass is 288 g/mol. The van der Waals surface area contributed by atoms with Gasteiger partial charge in [0.15, 0.2) is 0 Å². The van der Waals surface area contributed by atoms with Crippen molar-refractivity contribution in [2.45, 2.75) is 31.2 Å². The van der Waals surface area contributed by atoms with Gasteiger partial charge in [0.1, 0.15) is 6.04 Å². The lowest BCUT2D eigenvalue weighted by Gasteiger charge is -2.27. The van der Waals surface area contributed by atoms with E-state index in [0.717, 1.165) is 12.8 Å². The third-order valence-corrected chi connectivity index (χ3v) is 4.77. The Morgan fingerprint density at radius 3 is 2.79 bits per heavy atom. The molecule has 1 saturated heterocycles. The van der Waals surface area contributed by atoms with Gasteiger partial charge in [-0.05, 0) is 25.7 Å². The van der Waals surface area contributed by atoms with E-state index < -0.39 is 12.0 Å². The second-order valence-corrected chi connectivity index (χ2v) is 5.90. The van der Waals surface area contributed by atoms with Crippen LogP contribution in [0.1, 0.15) is 19.8 Å². The van der Waals surface area contributed by atoms with Crippen LogP contribution in [0.15, 0.2) is 0 Å². The van der Waals surface area contributed by atoms with Gasteiger partial charge in [0.2, 0.25) is 0 Å². The van der Waals surface area contributed by atoms with Crippen molar-refractivity contribution in [3.63, 3.8) is 0 Å². The molecule has 0 aromatic carbocycles. The van der Waals surface area contributed by atoms with Gasteiger partial charge in [0.25, 0.3) is 0 Å². The number of nitrogens with zero attached hydrogens (tertiary/aromatic N) is 1. The molecule has 0 aromatic heterocycles. The normalized spacial score (nSPS) is 26.5. The molecule has 2 aliphatic rings. The Kier molecular flexibility index (Phi) is 4.93. The number of carboxylic acid groups (broad SMARTS) is 1. The number of amides is 2. The Bertz CT molecular complexity index is 349. The summed E-state index contributed by atoms with van der Waals surface area (Å²) in [5, 5.41) is 12.0. The number of carbonyl (C=O) groups is 2. The van der Waals surface area contributed by atoms with Gasteiger partial charge in [-0.15, -0.1) is 11.8 Å². The first-order valence-corrected chi connectivity index (χ1v) is 7.68. The summed E-state index contributed by atoms with van der Waals surface area (Å²) in [4.78, 5) is 24.9. The highest BCUT2D eigenvalue weighted by molar-refractivity contribution is 8.00. The average Bonchev–Trinajstić information content (AvgIpc) is 3.12. The SMILES string of the molecule is CCOCCNC(=O)N1C(C(=O)O)CSC1C1CC1. The second-order valence-electron chi connectivity index (χ2n) is 4.75. The number of rotatable bonds is 6. The number of aliphatic carboxylic acids is 1. The lowest BCUT2D eigenvalue weighted by Crippen LogP contribution is -2.51. The summed E-state index contributed by atoms with van der Waals surface area (Å²) in [7, 11) is 0. The zero-order valence-corrected chi connectivity index (χ0v) is 11.8. The van der Waals surface area contributed by atoms with E-state index in [0.29, 0.717) is 31.4 Å². The predicted octanol–water partition coefficient (Wildman–Crippen LogP) is 0.971. The maximum absolute atomic E-state index is 12.1. The summed E-state index contributed by atoms with van der Waals surface area (Å²) in [6.07, 6.45) is 2.18. The summed E-state index contributed by atoms with van der Waals surface area (Å²) >= 11 is 1.58. The third kappa shape index (κ3) is 3.54. The van der Waals surface area contributed by atoms with Gasteiger partial charge < -0.3 is 15.2 Å². The molecule has 2 rings (SSSR count). The van der Waals surface area contributed by atoms with Crippen LogP contribution >= 0.6 is 11.8 Å². The third-order valence-electron chi connectivity index (χ3n) is 3.31. The molecule has 19 heavy (non-hydrogen) atoms. The fraction of sp³-hybridized carbons (Fsp3) is 0.833. The number of carboxylic acids is 1. The maximum Gasteiger partial charge on any atom is 0.327 e. The molecule has 7 heteroatoms. The van der Waals surface area contributed by atoms with Crippen molar-refractivity contribution in [1.29, 1.82) is 0 Å². The Balaban J connectivity index is 1.91. The Labute approximate surface area is 116 Å². The predicted molar refractivity (Wildman–Crippen MR) is 72.1 cm³/mol. The lowest BCUT2D eigenvalue weighted by molar-refractivity contribution is -0.141. The highest BCUT2D eigenvalue weighted by Crippen LogP contribution is 2.45. The minimum atomic E-state index is -0.921. The van der Waals surface area contributed by atoms with Crippen LogP contribution in [0.3, 0.4) is 0 Å². The van der Waals surface area contributed by atoms with Crippen LogP contribution in [0.2, 0.25) is 0 Å². The molecule has 2 N–H and O–H groups in total. The maximum atomic E-state index is 12.1. The molecule has 2 atom stereocenters. The van der Waals surface area contributed by atoms with Crippen LogP contribution in [0.5, 0.6) is 0 Å². The molecule has 2 amide bonds. The van der Waals surface area contributed by atoms with E-state index in [4.69, 9.17) is 4.74 Å². The molecule has 6 nitrogen and oxygen atoms in total. The number of ether oxygens (including phenoxy) is 1. The van der Waals surface area contributed by atoms with Gasteiger partial charge in [-0.1, -0.05) is 0 Å². The van der Waals surface area contributed by atoms with Crippen LogP contribution in [0.4, 0.5) is 4.79 Å². The van der Waals surface area contributed by atoms with Gasteiger partial charge in [0.05, 0.1) is 12.0 Å². The van der Waals surface area contributed by atoms with Crippen molar-refractivity contribution >= 4 is 23.8 Å². The summed E-state index contributed by atoms with van der Waals surface area (Å²) in [6.45, 7) is 3.37. The molecular formula is C12H20N2O4S. The van der Waals surface area contributed by atoms with Crippen LogP contribution in [-0.2, 0) is 9.53 Å². The van der Waals surface area contributed by atoms with Gasteiger partial charge in [-0.3, -0.25) is 4.90 Å². The molecule has 0 spiro atoms. The number of urea groups is 1. The Morgan fingerprint density at radius 2 is 2.21 bits per heavy atom. The van der Waals surface area contributed by atoms with Gasteiger partial charge in [-0.25, -0.2) is 9.59 Å². The van der Waals surface area contributed by atoms with Crippen LogP contribution in [0, 0.1) is 5.92 Å². The number of thioether (sulfide) groups is 1. The van der Waals surface area contributed by atoms with Crippen LogP contribution in [0.25, 0.3) is 0 Å². The van der Waals surface area contributed by atoms with Gasteiger partial charge >= 0.3 is 12.0 Å². The molecule has 0 radical (unpaired) electrons. The zero-order chi connectivity index (χ0) is 13.8. The van der Waals surface area contributed by atoms with Crippen molar-refractivity contribution < 1.29 is 19.4 Å². The summed E-state index contributed by atoms with van der Waals surface area (Å²) in [6, 6.07) is -0.989. The topological polar surface area (TPSA) is 78.9 Å². The molecule has 108 valence electrons. The molecule has 2 fully saturated rings. The first-order chi connectivity index (χ1) is 9.15. The molecule has 1 saturated carbocycles. The quantitative estimate of drug-likeness (QED) is 0.712. The molecular weight excluding hydrogens is 268 g/mol. The van der Waals surface area contributed by atoms with E-state index in [-0.39, 0.29) is 11.4 Å². The van der Waals surface area contributed by atoms with E-state index in [1.807, 2.05) is 6.92 Å². The van der Waals surface area contributed by atoms with Crippen LogP contribution in [-0.4, -0.2) is 58.9 Å². The highest BCUT2D eigenvalue weighted by Gasteiger charge is 2.47. The summed E-state index contributed by atoms with van der Waals surface area (Å²) in [5.41, 5.74) is 0. The number of hydrogen-bond acceptors (Lipinski definition) is 4. The van der Waals surface area contributed by atoms with Crippen molar-refractivity contribution in [3.8, 4) is 0 Å². The Hall–Kier alpha value is -0.950. The van der Waals surface area contributed by atoms with Gasteiger partial charge in [-0.2, -0.15) is 0 Å². The number of nitrogens with one attached hydrogen (secondary N) is 1. The highest BCUT2D eigenvalue weighted by atomic mass is 32.2. The molecule has 0 aromatic rings. The van der Waals surface area contributed by atoms with E-state index in [2.05, 4.69) is 5.32 Å². The number of carbonyl (C=O) groups excluding carboxylic acids is 1. The lowest BCUT2D eigenvalue weighted by atomic mass is 10.2. The van der Waals surface area contributed by atoms with E-state index in [1.54, 1.807) is 11.8 Å². The standard InChI is InChI=1S/C12H20N2O4S/c1-2-18-6-5-13-12(17)14-9(11(15)16)7-19-10(14)8-3-4-8/h8-10H,2-7H2,1H3,(H,13,17)(H,15,16). The fourth-order valence-corrected chi connectivity index (χ4v) is 3.82. The minimum absolute atomic E-state index is 0.0215. The number of hydrogen-bond donors (Lipinski definition) is 2. The smallest absolute Gasteiger partial charge is 0.327 e.